The Kier molecular flexibility index (Phi) is 4.35. The molecule has 0 atom stereocenters. The van der Waals surface area contributed by atoms with Crippen LogP contribution in [0.3, 0.4) is 0 Å². The lowest BCUT2D eigenvalue weighted by atomic mass is 10.2. The summed E-state index contributed by atoms with van der Waals surface area (Å²) in [6.45, 7) is 2.77. The van der Waals surface area contributed by atoms with Crippen LogP contribution < -0.4 is 10.1 Å². The lowest BCUT2D eigenvalue weighted by Gasteiger charge is -2.09. The van der Waals surface area contributed by atoms with E-state index in [2.05, 4.69) is 22.4 Å². The Hall–Kier alpha value is -2.81. The molecule has 1 aromatic heterocycles. The third kappa shape index (κ3) is 3.85. The number of hydrogen-bond acceptors (Lipinski definition) is 3. The molecule has 0 saturated carbocycles. The van der Waals surface area contributed by atoms with E-state index in [1.54, 1.807) is 0 Å². The van der Waals surface area contributed by atoms with Crippen molar-refractivity contribution in [2.75, 3.05) is 5.32 Å². The smallest absolute Gasteiger partial charge is 0.127 e. The molecule has 0 unspecified atom stereocenters. The summed E-state index contributed by atoms with van der Waals surface area (Å²) in [5, 5.41) is 3.37. The highest BCUT2D eigenvalue weighted by Crippen LogP contribution is 2.22. The van der Waals surface area contributed by atoms with Crippen LogP contribution in [0.1, 0.15) is 11.1 Å². The molecule has 3 heteroatoms. The van der Waals surface area contributed by atoms with Gasteiger partial charge in [-0.2, -0.15) is 0 Å². The molecular formula is C19H18N2O. The van der Waals surface area contributed by atoms with Gasteiger partial charge in [0.2, 0.25) is 0 Å². The third-order valence-electron chi connectivity index (χ3n) is 3.25. The van der Waals surface area contributed by atoms with E-state index in [0.29, 0.717) is 0 Å². The Balaban J connectivity index is 1.66. The summed E-state index contributed by atoms with van der Waals surface area (Å²) in [5.41, 5.74) is 3.33. The van der Waals surface area contributed by atoms with Crippen LogP contribution in [0.4, 0.5) is 5.69 Å². The van der Waals surface area contributed by atoms with Gasteiger partial charge in [-0.1, -0.05) is 30.3 Å². The predicted molar refractivity (Wildman–Crippen MR) is 89.3 cm³/mol. The molecule has 22 heavy (non-hydrogen) atoms. The first kappa shape index (κ1) is 14.1. The third-order valence-corrected chi connectivity index (χ3v) is 3.25. The first-order valence-corrected chi connectivity index (χ1v) is 7.27. The van der Waals surface area contributed by atoms with Crippen LogP contribution in [0.15, 0.2) is 73.1 Å². The topological polar surface area (TPSA) is 34.2 Å². The first-order chi connectivity index (χ1) is 10.8. The van der Waals surface area contributed by atoms with Gasteiger partial charge in [0.15, 0.2) is 0 Å². The van der Waals surface area contributed by atoms with Gasteiger partial charge in [-0.25, -0.2) is 0 Å². The first-order valence-electron chi connectivity index (χ1n) is 7.27. The molecule has 0 saturated heterocycles. The molecule has 3 aromatic rings. The lowest BCUT2D eigenvalue weighted by molar-refractivity contribution is 0.482. The van der Waals surface area contributed by atoms with Gasteiger partial charge in [0, 0.05) is 18.9 Å². The van der Waals surface area contributed by atoms with Crippen molar-refractivity contribution in [2.24, 2.45) is 0 Å². The van der Waals surface area contributed by atoms with E-state index in [9.17, 15) is 0 Å². The Morgan fingerprint density at radius 3 is 2.55 bits per heavy atom. The van der Waals surface area contributed by atoms with Gasteiger partial charge in [0.25, 0.3) is 0 Å². The second-order valence-corrected chi connectivity index (χ2v) is 5.17. The fourth-order valence-corrected chi connectivity index (χ4v) is 2.20. The lowest BCUT2D eigenvalue weighted by Crippen LogP contribution is -2.00. The molecular weight excluding hydrogens is 272 g/mol. The van der Waals surface area contributed by atoms with Gasteiger partial charge in [-0.15, -0.1) is 0 Å². The van der Waals surface area contributed by atoms with Crippen LogP contribution in [-0.4, -0.2) is 4.98 Å². The van der Waals surface area contributed by atoms with Crippen LogP contribution >= 0.6 is 0 Å². The maximum Gasteiger partial charge on any atom is 0.127 e. The fraction of sp³-hybridized carbons (Fsp3) is 0.105. The quantitative estimate of drug-likeness (QED) is 0.733. The summed E-state index contributed by atoms with van der Waals surface area (Å²) >= 11 is 0. The maximum absolute atomic E-state index is 5.85. The molecule has 0 fully saturated rings. The molecule has 1 N–H and O–H groups in total. The second-order valence-electron chi connectivity index (χ2n) is 5.17. The van der Waals surface area contributed by atoms with E-state index < -0.39 is 0 Å². The molecule has 0 spiro atoms. The minimum atomic E-state index is 0.733. The van der Waals surface area contributed by atoms with Gasteiger partial charge in [-0.05, 0) is 48.4 Å². The summed E-state index contributed by atoms with van der Waals surface area (Å²) < 4.78 is 5.85. The number of aryl methyl sites for hydroxylation is 1. The minimum Gasteiger partial charge on any atom is -0.457 e. The van der Waals surface area contributed by atoms with Gasteiger partial charge in [0.05, 0.1) is 5.69 Å². The normalized spacial score (nSPS) is 10.2. The molecule has 0 amide bonds. The molecule has 110 valence electrons. The second kappa shape index (κ2) is 6.76. The number of nitrogens with zero attached hydrogens (tertiary/aromatic N) is 1. The SMILES string of the molecule is Cc1cncc(NCc2cccc(Oc3ccccc3)c2)c1. The van der Waals surface area contributed by atoms with Crippen molar-refractivity contribution in [3.8, 4) is 11.5 Å². The molecule has 0 aliphatic heterocycles. The van der Waals surface area contributed by atoms with Crippen molar-refractivity contribution in [2.45, 2.75) is 13.5 Å². The average Bonchev–Trinajstić information content (AvgIpc) is 2.54. The van der Waals surface area contributed by atoms with Gasteiger partial charge in [0.1, 0.15) is 11.5 Å². The number of nitrogens with one attached hydrogen (secondary N) is 1. The Morgan fingerprint density at radius 1 is 0.909 bits per heavy atom. The van der Waals surface area contributed by atoms with Crippen molar-refractivity contribution < 1.29 is 4.74 Å². The number of para-hydroxylation sites is 1. The van der Waals surface area contributed by atoms with E-state index in [4.69, 9.17) is 4.74 Å². The minimum absolute atomic E-state index is 0.733. The molecule has 0 aliphatic rings. The number of anilines is 1. The zero-order chi connectivity index (χ0) is 15.2. The Bertz CT molecular complexity index is 741. The summed E-state index contributed by atoms with van der Waals surface area (Å²) in [5.74, 6) is 1.68. The number of benzene rings is 2. The molecule has 0 bridgehead atoms. The van der Waals surface area contributed by atoms with E-state index in [1.165, 1.54) is 0 Å². The van der Waals surface area contributed by atoms with Crippen LogP contribution in [0.2, 0.25) is 0 Å². The van der Waals surface area contributed by atoms with Gasteiger partial charge < -0.3 is 10.1 Å². The van der Waals surface area contributed by atoms with E-state index in [-0.39, 0.29) is 0 Å². The number of pyridine rings is 1. The van der Waals surface area contributed by atoms with Gasteiger partial charge >= 0.3 is 0 Å². The van der Waals surface area contributed by atoms with Gasteiger partial charge in [-0.3, -0.25) is 4.98 Å². The maximum atomic E-state index is 5.85. The highest BCUT2D eigenvalue weighted by atomic mass is 16.5. The number of ether oxygens (including phenoxy) is 1. The highest BCUT2D eigenvalue weighted by molar-refractivity contribution is 5.44. The molecule has 0 radical (unpaired) electrons. The summed E-state index contributed by atoms with van der Waals surface area (Å²) in [7, 11) is 0. The van der Waals surface area contributed by atoms with Crippen molar-refractivity contribution in [3.63, 3.8) is 0 Å². The van der Waals surface area contributed by atoms with Crippen LogP contribution in [-0.2, 0) is 6.54 Å². The highest BCUT2D eigenvalue weighted by Gasteiger charge is 2.00. The van der Waals surface area contributed by atoms with Crippen LogP contribution in [0, 0.1) is 6.92 Å². The molecule has 3 rings (SSSR count). The van der Waals surface area contributed by atoms with Crippen molar-refractivity contribution in [1.82, 2.24) is 4.98 Å². The van der Waals surface area contributed by atoms with Crippen molar-refractivity contribution in [1.29, 1.82) is 0 Å². The number of aromatic nitrogens is 1. The Morgan fingerprint density at radius 2 is 1.73 bits per heavy atom. The summed E-state index contributed by atoms with van der Waals surface area (Å²) in [6, 6.07) is 20.0. The Labute approximate surface area is 130 Å². The zero-order valence-electron chi connectivity index (χ0n) is 12.5. The van der Waals surface area contributed by atoms with Crippen LogP contribution in [0.5, 0.6) is 11.5 Å². The van der Waals surface area contributed by atoms with E-state index in [1.807, 2.05) is 67.8 Å². The number of hydrogen-bond donors (Lipinski definition) is 1. The largest absolute Gasteiger partial charge is 0.457 e. The molecule has 1 heterocycles. The number of rotatable bonds is 5. The molecule has 2 aromatic carbocycles. The van der Waals surface area contributed by atoms with E-state index in [0.717, 1.165) is 34.9 Å². The van der Waals surface area contributed by atoms with Crippen molar-refractivity contribution >= 4 is 5.69 Å². The zero-order valence-corrected chi connectivity index (χ0v) is 12.5. The summed E-state index contributed by atoms with van der Waals surface area (Å²) in [6.07, 6.45) is 3.68. The van der Waals surface area contributed by atoms with Crippen LogP contribution in [0.25, 0.3) is 0 Å². The standard InChI is InChI=1S/C19H18N2O/c1-15-10-17(14-20-12-15)21-13-16-6-5-9-19(11-16)22-18-7-3-2-4-8-18/h2-12,14,21H,13H2,1H3. The predicted octanol–water partition coefficient (Wildman–Crippen LogP) is 4.79. The van der Waals surface area contributed by atoms with Crippen molar-refractivity contribution in [3.05, 3.63) is 84.2 Å². The monoisotopic (exact) mass is 290 g/mol. The molecule has 0 aliphatic carbocycles. The fourth-order valence-electron chi connectivity index (χ4n) is 2.20. The summed E-state index contributed by atoms with van der Waals surface area (Å²) in [4.78, 5) is 4.18. The average molecular weight is 290 g/mol. The van der Waals surface area contributed by atoms with E-state index >= 15 is 0 Å². The molecule has 3 nitrogen and oxygen atoms in total.